The van der Waals surface area contributed by atoms with Crippen LogP contribution in [0.3, 0.4) is 0 Å². The van der Waals surface area contributed by atoms with Gasteiger partial charge in [-0.2, -0.15) is 9.78 Å². The summed E-state index contributed by atoms with van der Waals surface area (Å²) in [6, 6.07) is 12.7. The van der Waals surface area contributed by atoms with E-state index < -0.39 is 0 Å². The predicted molar refractivity (Wildman–Crippen MR) is 101 cm³/mol. The van der Waals surface area contributed by atoms with Crippen molar-refractivity contribution < 1.29 is 13.5 Å². The second-order valence-corrected chi connectivity index (χ2v) is 6.33. The van der Waals surface area contributed by atoms with Crippen LogP contribution >= 0.6 is 11.6 Å². The van der Waals surface area contributed by atoms with Gasteiger partial charge in [-0.25, -0.2) is 4.39 Å². The minimum atomic E-state index is -0.369. The molecular weight excluding hydrogens is 371 g/mol. The highest BCUT2D eigenvalue weighted by atomic mass is 35.5. The third kappa shape index (κ3) is 2.78. The molecule has 0 spiro atoms. The lowest BCUT2D eigenvalue weighted by molar-refractivity contribution is 0.397. The molecule has 0 radical (unpaired) electrons. The molecule has 0 aliphatic rings. The molecule has 0 N–H and O–H groups in total. The molecule has 0 aliphatic carbocycles. The molecule has 4 aromatic rings. The Kier molecular flexibility index (Phi) is 4.20. The molecule has 4 rings (SSSR count). The third-order valence-electron chi connectivity index (χ3n) is 4.25. The van der Waals surface area contributed by atoms with Gasteiger partial charge in [0.15, 0.2) is 5.76 Å². The normalized spacial score (nSPS) is 11.1. The Bertz CT molecular complexity index is 1210. The largest absolute Gasteiger partial charge is 0.490 e. The molecule has 0 saturated heterocycles. The first-order valence-corrected chi connectivity index (χ1v) is 8.50. The number of methoxy groups -OCH3 is 1. The second kappa shape index (κ2) is 6.55. The maximum atomic E-state index is 13.3. The molecular formula is C20H14ClFN2O3. The van der Waals surface area contributed by atoms with Gasteiger partial charge in [-0.15, -0.1) is 0 Å². The highest BCUT2D eigenvalue weighted by molar-refractivity contribution is 6.33. The van der Waals surface area contributed by atoms with Gasteiger partial charge in [0.05, 0.1) is 23.5 Å². The number of hydrogen-bond donors (Lipinski definition) is 0. The summed E-state index contributed by atoms with van der Waals surface area (Å²) < 4.78 is 26.1. The van der Waals surface area contributed by atoms with Crippen molar-refractivity contribution in [1.82, 2.24) is 9.78 Å². The Hall–Kier alpha value is -3.12. The van der Waals surface area contributed by atoms with Crippen molar-refractivity contribution >= 4 is 22.7 Å². The summed E-state index contributed by atoms with van der Waals surface area (Å²) in [6.07, 6.45) is 0. The molecule has 27 heavy (non-hydrogen) atoms. The summed E-state index contributed by atoms with van der Waals surface area (Å²) in [5.74, 6) is -0.104. The summed E-state index contributed by atoms with van der Waals surface area (Å²) in [7, 11) is 1.40. The fourth-order valence-electron chi connectivity index (χ4n) is 2.99. The fourth-order valence-corrected chi connectivity index (χ4v) is 3.21. The zero-order chi connectivity index (χ0) is 19.1. The van der Waals surface area contributed by atoms with Crippen LogP contribution in [0.2, 0.25) is 5.02 Å². The Morgan fingerprint density at radius 1 is 1.15 bits per heavy atom. The number of hydrogen-bond acceptors (Lipinski definition) is 4. The molecule has 0 amide bonds. The Morgan fingerprint density at radius 3 is 2.52 bits per heavy atom. The van der Waals surface area contributed by atoms with Crippen molar-refractivity contribution in [1.29, 1.82) is 0 Å². The molecule has 0 bridgehead atoms. The van der Waals surface area contributed by atoms with Gasteiger partial charge in [0, 0.05) is 5.56 Å². The molecule has 136 valence electrons. The van der Waals surface area contributed by atoms with E-state index in [-0.39, 0.29) is 28.5 Å². The van der Waals surface area contributed by atoms with E-state index in [4.69, 9.17) is 20.8 Å². The zero-order valence-electron chi connectivity index (χ0n) is 14.5. The van der Waals surface area contributed by atoms with E-state index in [1.165, 1.54) is 23.9 Å². The number of aromatic nitrogens is 2. The lowest BCUT2D eigenvalue weighted by Gasteiger charge is -2.10. The number of rotatable bonds is 3. The van der Waals surface area contributed by atoms with Crippen molar-refractivity contribution in [3.63, 3.8) is 0 Å². The SMILES string of the molecule is COc1c(-c2ccccc2Cl)oc2c(c(C)nn2-c2ccc(F)cc2)c1=O. The van der Waals surface area contributed by atoms with Gasteiger partial charge in [0.1, 0.15) is 11.2 Å². The van der Waals surface area contributed by atoms with Crippen LogP contribution in [0.15, 0.2) is 57.7 Å². The molecule has 0 aliphatic heterocycles. The Morgan fingerprint density at radius 2 is 1.85 bits per heavy atom. The van der Waals surface area contributed by atoms with Gasteiger partial charge in [-0.3, -0.25) is 4.79 Å². The first-order chi connectivity index (χ1) is 13.0. The Balaban J connectivity index is 2.09. The summed E-state index contributed by atoms with van der Waals surface area (Å²) in [5, 5.41) is 5.11. The molecule has 0 atom stereocenters. The summed E-state index contributed by atoms with van der Waals surface area (Å²) >= 11 is 6.29. The maximum Gasteiger partial charge on any atom is 0.238 e. The topological polar surface area (TPSA) is 57.3 Å². The van der Waals surface area contributed by atoms with E-state index in [0.717, 1.165) is 0 Å². The quantitative estimate of drug-likeness (QED) is 0.511. The number of benzene rings is 2. The smallest absolute Gasteiger partial charge is 0.238 e. The van der Waals surface area contributed by atoms with E-state index in [1.54, 1.807) is 43.3 Å². The number of aryl methyl sites for hydroxylation is 1. The van der Waals surface area contributed by atoms with Crippen molar-refractivity contribution in [2.24, 2.45) is 0 Å². The molecule has 2 aromatic heterocycles. The molecule has 2 aromatic carbocycles. The van der Waals surface area contributed by atoms with Gasteiger partial charge in [-0.05, 0) is 43.3 Å². The Labute approximate surface area is 158 Å². The van der Waals surface area contributed by atoms with Gasteiger partial charge in [-0.1, -0.05) is 23.7 Å². The zero-order valence-corrected chi connectivity index (χ0v) is 15.2. The van der Waals surface area contributed by atoms with Crippen LogP contribution in [0, 0.1) is 12.7 Å². The molecule has 0 fully saturated rings. The van der Waals surface area contributed by atoms with Crippen LogP contribution in [0.1, 0.15) is 5.69 Å². The summed E-state index contributed by atoms with van der Waals surface area (Å²) in [5.41, 5.74) is 1.46. The van der Waals surface area contributed by atoms with E-state index >= 15 is 0 Å². The highest BCUT2D eigenvalue weighted by Gasteiger charge is 2.23. The maximum absolute atomic E-state index is 13.3. The number of halogens is 2. The lowest BCUT2D eigenvalue weighted by atomic mass is 10.1. The molecule has 0 unspecified atom stereocenters. The average Bonchev–Trinajstić information content (AvgIpc) is 2.99. The second-order valence-electron chi connectivity index (χ2n) is 5.93. The van der Waals surface area contributed by atoms with E-state index in [0.29, 0.717) is 27.4 Å². The summed E-state index contributed by atoms with van der Waals surface area (Å²) in [4.78, 5) is 13.0. The predicted octanol–water partition coefficient (Wildman–Crippen LogP) is 4.76. The van der Waals surface area contributed by atoms with Crippen LogP contribution in [0.25, 0.3) is 28.1 Å². The minimum absolute atomic E-state index is 0.0531. The standard InChI is InChI=1S/C20H14ClFN2O3/c1-11-16-17(25)19(26-2)18(14-5-3-4-6-15(14)21)27-20(16)24(23-11)13-9-7-12(22)8-10-13/h3-10H,1-2H3. The van der Waals surface area contributed by atoms with Crippen LogP contribution in [0.5, 0.6) is 5.75 Å². The number of nitrogens with zero attached hydrogens (tertiary/aromatic N) is 2. The van der Waals surface area contributed by atoms with Crippen molar-refractivity contribution in [2.45, 2.75) is 6.92 Å². The van der Waals surface area contributed by atoms with E-state index in [9.17, 15) is 9.18 Å². The van der Waals surface area contributed by atoms with Gasteiger partial charge < -0.3 is 9.15 Å². The number of fused-ring (bicyclic) bond motifs is 1. The van der Waals surface area contributed by atoms with Crippen LogP contribution < -0.4 is 10.2 Å². The molecule has 0 saturated carbocycles. The van der Waals surface area contributed by atoms with Gasteiger partial charge in [0.25, 0.3) is 0 Å². The van der Waals surface area contributed by atoms with E-state index in [1.807, 2.05) is 0 Å². The lowest BCUT2D eigenvalue weighted by Crippen LogP contribution is -2.08. The summed E-state index contributed by atoms with van der Waals surface area (Å²) in [6.45, 7) is 1.70. The fraction of sp³-hybridized carbons (Fsp3) is 0.100. The minimum Gasteiger partial charge on any atom is -0.490 e. The van der Waals surface area contributed by atoms with Crippen LogP contribution in [0.4, 0.5) is 4.39 Å². The first-order valence-electron chi connectivity index (χ1n) is 8.12. The van der Waals surface area contributed by atoms with Crippen molar-refractivity contribution in [3.8, 4) is 22.8 Å². The van der Waals surface area contributed by atoms with Crippen LogP contribution in [-0.2, 0) is 0 Å². The molecule has 7 heteroatoms. The van der Waals surface area contributed by atoms with Crippen molar-refractivity contribution in [3.05, 3.63) is 75.3 Å². The van der Waals surface area contributed by atoms with Crippen molar-refractivity contribution in [2.75, 3.05) is 7.11 Å². The van der Waals surface area contributed by atoms with Gasteiger partial charge in [0.2, 0.25) is 16.9 Å². The van der Waals surface area contributed by atoms with Gasteiger partial charge >= 0.3 is 0 Å². The first kappa shape index (κ1) is 17.3. The molecule has 2 heterocycles. The highest BCUT2D eigenvalue weighted by Crippen LogP contribution is 2.36. The van der Waals surface area contributed by atoms with E-state index in [2.05, 4.69) is 5.10 Å². The van der Waals surface area contributed by atoms with Crippen LogP contribution in [-0.4, -0.2) is 16.9 Å². The number of ether oxygens (including phenoxy) is 1. The molecule has 5 nitrogen and oxygen atoms in total. The monoisotopic (exact) mass is 384 g/mol. The average molecular weight is 385 g/mol. The third-order valence-corrected chi connectivity index (χ3v) is 4.58.